The molecule has 0 aliphatic carbocycles. The van der Waals surface area contributed by atoms with Crippen molar-refractivity contribution in [2.45, 2.75) is 66.7 Å². The normalized spacial score (nSPS) is 13.0. The molecule has 4 N–H and O–H groups in total. The Kier molecular flexibility index (Phi) is 10.3. The van der Waals surface area contributed by atoms with Gasteiger partial charge < -0.3 is 10.4 Å². The predicted octanol–water partition coefficient (Wildman–Crippen LogP) is 7.43. The average molecular weight is 723 g/mol. The number of hydrogen-bond acceptors (Lipinski definition) is 8. The van der Waals surface area contributed by atoms with E-state index in [4.69, 9.17) is 15.0 Å². The van der Waals surface area contributed by atoms with E-state index in [9.17, 15) is 24.3 Å². The first-order valence-electron chi connectivity index (χ1n) is 17.6. The van der Waals surface area contributed by atoms with Gasteiger partial charge in [-0.15, -0.1) is 0 Å². The molecule has 0 saturated carbocycles. The molecule has 54 heavy (non-hydrogen) atoms. The van der Waals surface area contributed by atoms with Crippen LogP contribution in [0.25, 0.3) is 40.2 Å². The zero-order valence-corrected chi connectivity index (χ0v) is 31.3. The number of aromatic hydroxyl groups is 1. The lowest BCUT2D eigenvalue weighted by Crippen LogP contribution is -2.51. The van der Waals surface area contributed by atoms with Crippen molar-refractivity contribution in [1.29, 1.82) is 0 Å². The number of hydrogen-bond donors (Lipinski definition) is 4. The number of imide groups is 2. The van der Waals surface area contributed by atoms with E-state index in [0.29, 0.717) is 46.3 Å². The molecule has 1 aromatic heterocycles. The van der Waals surface area contributed by atoms with E-state index in [0.717, 1.165) is 38.9 Å². The van der Waals surface area contributed by atoms with E-state index in [2.05, 4.69) is 17.4 Å². The first-order chi connectivity index (χ1) is 25.5. The first kappa shape index (κ1) is 37.3. The summed E-state index contributed by atoms with van der Waals surface area (Å²) in [7, 11) is 0. The second kappa shape index (κ2) is 14.9. The zero-order chi connectivity index (χ0) is 38.9. The quantitative estimate of drug-likeness (QED) is 0.0949. The number of aryl methyl sites for hydroxylation is 5. The Morgan fingerprint density at radius 1 is 0.722 bits per heavy atom. The highest BCUT2D eigenvalue weighted by molar-refractivity contribution is 6.31. The minimum atomic E-state index is -0.867. The number of nitrogens with zero attached hydrogens (tertiary/aromatic N) is 3. The molecule has 0 radical (unpaired) electrons. The Labute approximate surface area is 314 Å². The van der Waals surface area contributed by atoms with E-state index >= 15 is 0 Å². The summed E-state index contributed by atoms with van der Waals surface area (Å²) in [5, 5.41) is 18.8. The summed E-state index contributed by atoms with van der Waals surface area (Å²) < 4.78 is 0. The SMILES string of the molecule is Cc1ccc(-c2nc(-c3ccc(C)cc3C)nc(-c3cc(CCC(=O)Nc4ccc(C=C5C(=O)NC(=O)NC5=O)cc4)cc(C(C)(C)C)c3O)n2)c(C)c1. The summed E-state index contributed by atoms with van der Waals surface area (Å²) in [5.74, 6) is -0.404. The molecule has 5 aromatic rings. The lowest BCUT2D eigenvalue weighted by Gasteiger charge is -2.23. The molecule has 1 aliphatic rings. The average Bonchev–Trinajstić information content (AvgIpc) is 3.09. The van der Waals surface area contributed by atoms with Crippen molar-refractivity contribution in [3.63, 3.8) is 0 Å². The van der Waals surface area contributed by atoms with E-state index in [-0.39, 0.29) is 23.7 Å². The lowest BCUT2D eigenvalue weighted by atomic mass is 9.83. The Morgan fingerprint density at radius 3 is 1.74 bits per heavy atom. The number of carbonyl (C=O) groups is 4. The monoisotopic (exact) mass is 722 g/mol. The number of amides is 5. The van der Waals surface area contributed by atoms with Crippen LogP contribution in [-0.4, -0.2) is 43.8 Å². The van der Waals surface area contributed by atoms with Gasteiger partial charge in [-0.05, 0) is 86.1 Å². The summed E-state index contributed by atoms with van der Waals surface area (Å²) in [5.41, 5.74) is 8.42. The molecule has 1 fully saturated rings. The molecule has 0 spiro atoms. The van der Waals surface area contributed by atoms with Crippen LogP contribution in [0.5, 0.6) is 5.75 Å². The molecule has 0 unspecified atom stereocenters. The largest absolute Gasteiger partial charge is 0.507 e. The van der Waals surface area contributed by atoms with Crippen molar-refractivity contribution in [1.82, 2.24) is 25.6 Å². The summed E-state index contributed by atoms with van der Waals surface area (Å²) in [4.78, 5) is 63.5. The Balaban J connectivity index is 1.30. The van der Waals surface area contributed by atoms with Crippen molar-refractivity contribution >= 4 is 35.5 Å². The van der Waals surface area contributed by atoms with Crippen LogP contribution in [0.4, 0.5) is 10.5 Å². The lowest BCUT2D eigenvalue weighted by molar-refractivity contribution is -0.124. The standard InChI is InChI=1S/C43H42N6O5/c1-23-8-15-30(25(3)18-23)37-45-38(31-16-9-24(2)19-26(31)4)47-39(46-37)32-21-28(22-34(36(32)51)43(5,6)7)12-17-35(50)44-29-13-10-27(11-14-29)20-33-40(52)48-42(54)49-41(33)53/h8-11,13-16,18-22,51H,12,17H2,1-7H3,(H,44,50)(H2,48,49,52,53,54). The van der Waals surface area contributed by atoms with Crippen molar-refractivity contribution in [2.24, 2.45) is 0 Å². The molecule has 0 bridgehead atoms. The van der Waals surface area contributed by atoms with E-state index in [1.54, 1.807) is 24.3 Å². The highest BCUT2D eigenvalue weighted by Crippen LogP contribution is 2.40. The van der Waals surface area contributed by atoms with Gasteiger partial charge in [0, 0.05) is 28.8 Å². The molecule has 11 nitrogen and oxygen atoms in total. The molecule has 5 amide bonds. The topological polar surface area (TPSA) is 163 Å². The highest BCUT2D eigenvalue weighted by Gasteiger charge is 2.28. The number of carbonyl (C=O) groups excluding carboxylic acids is 4. The maximum atomic E-state index is 13.2. The third-order valence-corrected chi connectivity index (χ3v) is 9.19. The van der Waals surface area contributed by atoms with Gasteiger partial charge in [0.2, 0.25) is 5.91 Å². The molecular formula is C43H42N6O5. The Hall–Kier alpha value is -6.49. The Morgan fingerprint density at radius 2 is 1.24 bits per heavy atom. The van der Waals surface area contributed by atoms with Crippen molar-refractivity contribution in [3.8, 4) is 39.9 Å². The molecule has 1 aliphatic heterocycles. The smallest absolute Gasteiger partial charge is 0.328 e. The minimum Gasteiger partial charge on any atom is -0.507 e. The fourth-order valence-corrected chi connectivity index (χ4v) is 6.36. The number of urea groups is 1. The van der Waals surface area contributed by atoms with E-state index < -0.39 is 23.3 Å². The number of nitrogens with one attached hydrogen (secondary N) is 3. The van der Waals surface area contributed by atoms with Crippen LogP contribution in [-0.2, 0) is 26.2 Å². The summed E-state index contributed by atoms with van der Waals surface area (Å²) >= 11 is 0. The third kappa shape index (κ3) is 8.25. The number of phenolic OH excluding ortho intramolecular Hbond substituents is 1. The number of anilines is 1. The maximum absolute atomic E-state index is 13.2. The second-order valence-electron chi connectivity index (χ2n) is 14.7. The summed E-state index contributed by atoms with van der Waals surface area (Å²) in [6.07, 6.45) is 1.88. The Bertz CT molecular complexity index is 2280. The molecule has 0 atom stereocenters. The number of aromatic nitrogens is 3. The van der Waals surface area contributed by atoms with Gasteiger partial charge >= 0.3 is 6.03 Å². The van der Waals surface area contributed by atoms with Gasteiger partial charge in [-0.2, -0.15) is 0 Å². The van der Waals surface area contributed by atoms with Crippen LogP contribution in [0.15, 0.2) is 78.4 Å². The summed E-state index contributed by atoms with van der Waals surface area (Å²) in [6, 6.07) is 21.8. The molecular weight excluding hydrogens is 681 g/mol. The molecule has 4 aromatic carbocycles. The van der Waals surface area contributed by atoms with Gasteiger partial charge in [0.1, 0.15) is 11.3 Å². The number of phenols is 1. The van der Waals surface area contributed by atoms with Gasteiger partial charge in [-0.25, -0.2) is 19.7 Å². The van der Waals surface area contributed by atoms with E-state index in [1.165, 1.54) is 6.08 Å². The van der Waals surface area contributed by atoms with Crippen LogP contribution in [0, 0.1) is 27.7 Å². The van der Waals surface area contributed by atoms with Gasteiger partial charge in [0.25, 0.3) is 11.8 Å². The van der Waals surface area contributed by atoms with Gasteiger partial charge in [-0.3, -0.25) is 25.0 Å². The highest BCUT2D eigenvalue weighted by atomic mass is 16.3. The molecule has 2 heterocycles. The molecule has 274 valence electrons. The fraction of sp³-hybridized carbons (Fsp3) is 0.233. The van der Waals surface area contributed by atoms with Crippen LogP contribution < -0.4 is 16.0 Å². The third-order valence-electron chi connectivity index (χ3n) is 9.19. The van der Waals surface area contributed by atoms with Crippen LogP contribution in [0.3, 0.4) is 0 Å². The van der Waals surface area contributed by atoms with Crippen LogP contribution in [0.1, 0.15) is 66.1 Å². The van der Waals surface area contributed by atoms with Crippen LogP contribution >= 0.6 is 0 Å². The number of benzene rings is 4. The maximum Gasteiger partial charge on any atom is 0.328 e. The van der Waals surface area contributed by atoms with E-state index in [1.807, 2.05) is 95.5 Å². The molecule has 1 saturated heterocycles. The number of barbiturate groups is 1. The summed E-state index contributed by atoms with van der Waals surface area (Å²) in [6.45, 7) is 14.2. The fourth-order valence-electron chi connectivity index (χ4n) is 6.36. The van der Waals surface area contributed by atoms with Crippen molar-refractivity contribution < 1.29 is 24.3 Å². The first-order valence-corrected chi connectivity index (χ1v) is 17.6. The van der Waals surface area contributed by atoms with Crippen molar-refractivity contribution in [2.75, 3.05) is 5.32 Å². The number of rotatable bonds is 8. The molecule has 11 heteroatoms. The second-order valence-corrected chi connectivity index (χ2v) is 14.7. The predicted molar refractivity (Wildman–Crippen MR) is 208 cm³/mol. The van der Waals surface area contributed by atoms with Crippen molar-refractivity contribution in [3.05, 3.63) is 117 Å². The van der Waals surface area contributed by atoms with Crippen LogP contribution in [0.2, 0.25) is 0 Å². The molecule has 6 rings (SSSR count). The minimum absolute atomic E-state index is 0.0740. The van der Waals surface area contributed by atoms with Gasteiger partial charge in [0.05, 0.1) is 5.56 Å². The van der Waals surface area contributed by atoms with Gasteiger partial charge in [0.15, 0.2) is 17.5 Å². The zero-order valence-electron chi connectivity index (χ0n) is 31.3. The van der Waals surface area contributed by atoms with Gasteiger partial charge in [-0.1, -0.05) is 86.5 Å².